The average molecular weight is 342 g/mol. The molecule has 25 heavy (non-hydrogen) atoms. The van der Waals surface area contributed by atoms with Gasteiger partial charge in [-0.25, -0.2) is 14.4 Å². The van der Waals surface area contributed by atoms with E-state index < -0.39 is 18.0 Å². The van der Waals surface area contributed by atoms with Crippen molar-refractivity contribution in [2.24, 2.45) is 0 Å². The highest BCUT2D eigenvalue weighted by atomic mass is 16.4. The third kappa shape index (κ3) is 5.24. The Balaban J connectivity index is 2.16. The highest BCUT2D eigenvalue weighted by molar-refractivity contribution is 6.02. The standard InChI is InChI=1S/C17H18N4O4/c1-10-3-5-12(6-4-10)19-17(25)21-14-8-11(15(22)23)7-13(9-14)20-16(24)18-2/h3-9H,1-2H3,(H,22,23)(H2,18,20,24)(H2,19,21,25). The molecule has 0 radical (unpaired) electrons. The third-order valence-electron chi connectivity index (χ3n) is 3.23. The average Bonchev–Trinajstić information content (AvgIpc) is 2.56. The summed E-state index contributed by atoms with van der Waals surface area (Å²) in [6.45, 7) is 1.93. The lowest BCUT2D eigenvalue weighted by molar-refractivity contribution is 0.0697. The van der Waals surface area contributed by atoms with Gasteiger partial charge in [0.2, 0.25) is 0 Å². The summed E-state index contributed by atoms with van der Waals surface area (Å²) in [5.41, 5.74) is 2.06. The van der Waals surface area contributed by atoms with Crippen LogP contribution >= 0.6 is 0 Å². The Labute approximate surface area is 144 Å². The molecule has 0 bridgehead atoms. The molecule has 2 rings (SSSR count). The van der Waals surface area contributed by atoms with Crippen LogP contribution in [0.3, 0.4) is 0 Å². The van der Waals surface area contributed by atoms with Crippen LogP contribution < -0.4 is 21.3 Å². The van der Waals surface area contributed by atoms with Gasteiger partial charge >= 0.3 is 18.0 Å². The molecule has 0 unspecified atom stereocenters. The van der Waals surface area contributed by atoms with Crippen LogP contribution in [-0.4, -0.2) is 30.2 Å². The second-order valence-electron chi connectivity index (χ2n) is 5.25. The van der Waals surface area contributed by atoms with Gasteiger partial charge in [-0.3, -0.25) is 0 Å². The second kappa shape index (κ2) is 7.82. The maximum Gasteiger partial charge on any atom is 0.335 e. The molecule has 2 aromatic rings. The van der Waals surface area contributed by atoms with Crippen molar-refractivity contribution in [2.75, 3.05) is 23.0 Å². The Morgan fingerprint density at radius 2 is 1.32 bits per heavy atom. The smallest absolute Gasteiger partial charge is 0.335 e. The number of hydrogen-bond acceptors (Lipinski definition) is 3. The summed E-state index contributed by atoms with van der Waals surface area (Å²) in [6, 6.07) is 10.2. The Morgan fingerprint density at radius 1 is 0.800 bits per heavy atom. The van der Waals surface area contributed by atoms with Crippen molar-refractivity contribution in [2.45, 2.75) is 6.92 Å². The zero-order chi connectivity index (χ0) is 18.4. The van der Waals surface area contributed by atoms with Crippen LogP contribution in [0.4, 0.5) is 26.7 Å². The van der Waals surface area contributed by atoms with E-state index in [4.69, 9.17) is 5.11 Å². The lowest BCUT2D eigenvalue weighted by Crippen LogP contribution is -2.25. The number of carbonyl (C=O) groups is 3. The minimum Gasteiger partial charge on any atom is -0.478 e. The van der Waals surface area contributed by atoms with Crippen molar-refractivity contribution in [1.82, 2.24) is 5.32 Å². The van der Waals surface area contributed by atoms with E-state index in [1.54, 1.807) is 12.1 Å². The monoisotopic (exact) mass is 342 g/mol. The molecule has 4 amide bonds. The number of rotatable bonds is 4. The number of hydrogen-bond donors (Lipinski definition) is 5. The fraction of sp³-hybridized carbons (Fsp3) is 0.118. The largest absolute Gasteiger partial charge is 0.478 e. The Kier molecular flexibility index (Phi) is 5.57. The lowest BCUT2D eigenvalue weighted by Gasteiger charge is -2.11. The van der Waals surface area contributed by atoms with Crippen molar-refractivity contribution in [3.63, 3.8) is 0 Å². The van der Waals surface area contributed by atoms with Gasteiger partial charge in [0.1, 0.15) is 0 Å². The number of nitrogens with one attached hydrogen (secondary N) is 4. The van der Waals surface area contributed by atoms with Crippen LogP contribution in [0.1, 0.15) is 15.9 Å². The van der Waals surface area contributed by atoms with E-state index in [1.807, 2.05) is 19.1 Å². The number of amides is 4. The number of benzene rings is 2. The first-order chi connectivity index (χ1) is 11.9. The van der Waals surface area contributed by atoms with E-state index >= 15 is 0 Å². The first-order valence-electron chi connectivity index (χ1n) is 7.39. The van der Waals surface area contributed by atoms with Gasteiger partial charge in [-0.2, -0.15) is 0 Å². The molecule has 130 valence electrons. The molecule has 2 aromatic carbocycles. The number of carbonyl (C=O) groups excluding carboxylic acids is 2. The minimum atomic E-state index is -1.18. The summed E-state index contributed by atoms with van der Waals surface area (Å²) in [6.07, 6.45) is 0. The summed E-state index contributed by atoms with van der Waals surface area (Å²) >= 11 is 0. The van der Waals surface area contributed by atoms with Crippen LogP contribution in [-0.2, 0) is 0 Å². The molecule has 0 saturated carbocycles. The zero-order valence-corrected chi connectivity index (χ0v) is 13.7. The van der Waals surface area contributed by atoms with E-state index in [2.05, 4.69) is 21.3 Å². The molecule has 0 aliphatic rings. The molecule has 5 N–H and O–H groups in total. The van der Waals surface area contributed by atoms with Gasteiger partial charge < -0.3 is 26.4 Å². The molecule has 0 atom stereocenters. The van der Waals surface area contributed by atoms with Crippen molar-refractivity contribution in [1.29, 1.82) is 0 Å². The number of carboxylic acids is 1. The summed E-state index contributed by atoms with van der Waals surface area (Å²) in [5, 5.41) is 19.2. The molecule has 8 heteroatoms. The van der Waals surface area contributed by atoms with Crippen LogP contribution in [0.2, 0.25) is 0 Å². The first kappa shape index (κ1) is 17.8. The number of aromatic carboxylic acids is 1. The van der Waals surface area contributed by atoms with Crippen LogP contribution in [0.5, 0.6) is 0 Å². The fourth-order valence-electron chi connectivity index (χ4n) is 2.02. The molecule has 0 aromatic heterocycles. The third-order valence-corrected chi connectivity index (χ3v) is 3.23. The summed E-state index contributed by atoms with van der Waals surface area (Å²) in [5.74, 6) is -1.18. The van der Waals surface area contributed by atoms with Crippen molar-refractivity contribution >= 4 is 35.1 Å². The SMILES string of the molecule is CNC(=O)Nc1cc(NC(=O)Nc2ccc(C)cc2)cc(C(=O)O)c1. The quantitative estimate of drug-likeness (QED) is 0.586. The van der Waals surface area contributed by atoms with E-state index in [-0.39, 0.29) is 16.9 Å². The second-order valence-corrected chi connectivity index (χ2v) is 5.25. The van der Waals surface area contributed by atoms with Crippen molar-refractivity contribution in [3.8, 4) is 0 Å². The predicted octanol–water partition coefficient (Wildman–Crippen LogP) is 3.09. The maximum absolute atomic E-state index is 12.1. The molecular formula is C17H18N4O4. The van der Waals surface area contributed by atoms with Crippen LogP contribution in [0.15, 0.2) is 42.5 Å². The summed E-state index contributed by atoms with van der Waals surface area (Å²) in [4.78, 5) is 34.7. The molecule has 0 aliphatic carbocycles. The highest BCUT2D eigenvalue weighted by Crippen LogP contribution is 2.20. The van der Waals surface area contributed by atoms with Gasteiger partial charge in [0, 0.05) is 24.1 Å². The lowest BCUT2D eigenvalue weighted by atomic mass is 10.1. The molecule has 0 heterocycles. The van der Waals surface area contributed by atoms with E-state index in [1.165, 1.54) is 25.2 Å². The van der Waals surface area contributed by atoms with Crippen molar-refractivity contribution < 1.29 is 19.5 Å². The zero-order valence-electron chi connectivity index (χ0n) is 13.7. The molecule has 0 saturated heterocycles. The maximum atomic E-state index is 12.1. The summed E-state index contributed by atoms with van der Waals surface area (Å²) in [7, 11) is 1.44. The van der Waals surface area contributed by atoms with E-state index in [0.717, 1.165) is 5.56 Å². The molecule has 0 aliphatic heterocycles. The van der Waals surface area contributed by atoms with Crippen LogP contribution in [0.25, 0.3) is 0 Å². The van der Waals surface area contributed by atoms with Gasteiger partial charge in [-0.15, -0.1) is 0 Å². The molecule has 0 fully saturated rings. The van der Waals surface area contributed by atoms with Gasteiger partial charge in [0.25, 0.3) is 0 Å². The Morgan fingerprint density at radius 3 is 1.84 bits per heavy atom. The topological polar surface area (TPSA) is 120 Å². The fourth-order valence-corrected chi connectivity index (χ4v) is 2.02. The van der Waals surface area contributed by atoms with Crippen molar-refractivity contribution in [3.05, 3.63) is 53.6 Å². The number of aryl methyl sites for hydroxylation is 1. The summed E-state index contributed by atoms with van der Waals surface area (Å²) < 4.78 is 0. The molecular weight excluding hydrogens is 324 g/mol. The van der Waals surface area contributed by atoms with Gasteiger partial charge in [0.05, 0.1) is 5.56 Å². The van der Waals surface area contributed by atoms with E-state index in [9.17, 15) is 14.4 Å². The van der Waals surface area contributed by atoms with Gasteiger partial charge in [-0.05, 0) is 37.3 Å². The molecule has 8 nitrogen and oxygen atoms in total. The Bertz CT molecular complexity index is 803. The van der Waals surface area contributed by atoms with Gasteiger partial charge in [-0.1, -0.05) is 17.7 Å². The Hall–Kier alpha value is -3.55. The normalized spacial score (nSPS) is 9.84. The first-order valence-corrected chi connectivity index (χ1v) is 7.39. The predicted molar refractivity (Wildman–Crippen MR) is 95.3 cm³/mol. The number of urea groups is 2. The van der Waals surface area contributed by atoms with E-state index in [0.29, 0.717) is 5.69 Å². The molecule has 0 spiro atoms. The highest BCUT2D eigenvalue weighted by Gasteiger charge is 2.11. The minimum absolute atomic E-state index is 0.0699. The van der Waals surface area contributed by atoms with Crippen LogP contribution in [0, 0.1) is 6.92 Å². The number of carboxylic acid groups (broad SMARTS) is 1. The number of anilines is 3. The van der Waals surface area contributed by atoms with Gasteiger partial charge in [0.15, 0.2) is 0 Å².